The van der Waals surface area contributed by atoms with Crippen molar-refractivity contribution in [1.82, 2.24) is 5.32 Å². The van der Waals surface area contributed by atoms with Crippen molar-refractivity contribution in [2.24, 2.45) is 0 Å². The van der Waals surface area contributed by atoms with Gasteiger partial charge in [-0.15, -0.1) is 0 Å². The van der Waals surface area contributed by atoms with Crippen LogP contribution in [0, 0.1) is 11.6 Å². The molecule has 0 amide bonds. The van der Waals surface area contributed by atoms with E-state index in [0.717, 1.165) is 17.4 Å². The van der Waals surface area contributed by atoms with E-state index >= 15 is 0 Å². The Kier molecular flexibility index (Phi) is 4.91. The van der Waals surface area contributed by atoms with Gasteiger partial charge in [0.05, 0.1) is 7.11 Å². The number of benzene rings is 2. The molecule has 2 rings (SSSR count). The van der Waals surface area contributed by atoms with Gasteiger partial charge in [-0.2, -0.15) is 0 Å². The van der Waals surface area contributed by atoms with Gasteiger partial charge in [0.25, 0.3) is 0 Å². The summed E-state index contributed by atoms with van der Waals surface area (Å²) in [6, 6.07) is 11.6. The summed E-state index contributed by atoms with van der Waals surface area (Å²) >= 11 is 0. The quantitative estimate of drug-likeness (QED) is 0.882. The van der Waals surface area contributed by atoms with Gasteiger partial charge in [-0.1, -0.05) is 24.3 Å². The molecule has 4 heteroatoms. The molecule has 1 unspecified atom stereocenters. The zero-order valence-electron chi connectivity index (χ0n) is 12.4. The molecule has 0 aliphatic rings. The number of ether oxygens (including phenoxy) is 1. The molecule has 2 nitrogen and oxygen atoms in total. The Bertz CT molecular complexity index is 615. The average Bonchev–Trinajstić information content (AvgIpc) is 2.49. The highest BCUT2D eigenvalue weighted by Crippen LogP contribution is 2.24. The van der Waals surface area contributed by atoms with E-state index < -0.39 is 11.6 Å². The van der Waals surface area contributed by atoms with E-state index in [2.05, 4.69) is 5.32 Å². The lowest BCUT2D eigenvalue weighted by atomic mass is 10.0. The highest BCUT2D eigenvalue weighted by molar-refractivity contribution is 5.31. The van der Waals surface area contributed by atoms with Crippen LogP contribution in [0.3, 0.4) is 0 Å². The number of nitrogens with one attached hydrogen (secondary N) is 1. The van der Waals surface area contributed by atoms with Crippen LogP contribution in [0.2, 0.25) is 0 Å². The molecular formula is C17H19F2NO. The molecule has 0 aliphatic carbocycles. The Labute approximate surface area is 123 Å². The van der Waals surface area contributed by atoms with E-state index in [-0.39, 0.29) is 12.1 Å². The van der Waals surface area contributed by atoms with Crippen LogP contribution in [0.25, 0.3) is 0 Å². The molecule has 0 saturated heterocycles. The second kappa shape index (κ2) is 6.68. The lowest BCUT2D eigenvalue weighted by Crippen LogP contribution is -2.23. The standard InChI is InChI=1S/C17H19F2NO/c1-11(13-6-4-7-14(10-13)21-3)20-12(2)15-8-5-9-16(18)17(15)19/h4-12,20H,1-3H3/t11-,12?/m0/s1. The van der Waals surface area contributed by atoms with Crippen molar-refractivity contribution in [2.75, 3.05) is 7.11 Å². The molecule has 0 saturated carbocycles. The predicted molar refractivity (Wildman–Crippen MR) is 79.3 cm³/mol. The summed E-state index contributed by atoms with van der Waals surface area (Å²) in [7, 11) is 1.61. The van der Waals surface area contributed by atoms with E-state index in [4.69, 9.17) is 4.74 Å². The van der Waals surface area contributed by atoms with Gasteiger partial charge < -0.3 is 10.1 Å². The second-order valence-electron chi connectivity index (χ2n) is 5.03. The summed E-state index contributed by atoms with van der Waals surface area (Å²) in [6.07, 6.45) is 0. The largest absolute Gasteiger partial charge is 0.497 e. The summed E-state index contributed by atoms with van der Waals surface area (Å²) in [5.74, 6) is -0.851. The molecule has 0 spiro atoms. The second-order valence-corrected chi connectivity index (χ2v) is 5.03. The summed E-state index contributed by atoms with van der Waals surface area (Å²) in [6.45, 7) is 3.79. The lowest BCUT2D eigenvalue weighted by molar-refractivity contribution is 0.411. The SMILES string of the molecule is COc1cccc([C@H](C)NC(C)c2cccc(F)c2F)c1. The van der Waals surface area contributed by atoms with Gasteiger partial charge in [0, 0.05) is 17.6 Å². The van der Waals surface area contributed by atoms with Crippen LogP contribution in [0.15, 0.2) is 42.5 Å². The summed E-state index contributed by atoms with van der Waals surface area (Å²) in [5.41, 5.74) is 1.35. The average molecular weight is 291 g/mol. The van der Waals surface area contributed by atoms with E-state index in [9.17, 15) is 8.78 Å². The topological polar surface area (TPSA) is 21.3 Å². The maximum absolute atomic E-state index is 13.8. The van der Waals surface area contributed by atoms with Crippen LogP contribution in [0.5, 0.6) is 5.75 Å². The fourth-order valence-electron chi connectivity index (χ4n) is 2.33. The zero-order valence-corrected chi connectivity index (χ0v) is 12.4. The number of halogens is 2. The van der Waals surface area contributed by atoms with Crippen molar-refractivity contribution >= 4 is 0 Å². The van der Waals surface area contributed by atoms with Crippen LogP contribution in [-0.4, -0.2) is 7.11 Å². The molecule has 2 atom stereocenters. The normalized spacial score (nSPS) is 13.8. The lowest BCUT2D eigenvalue weighted by Gasteiger charge is -2.21. The highest BCUT2D eigenvalue weighted by atomic mass is 19.2. The summed E-state index contributed by atoms with van der Waals surface area (Å²) in [5, 5.41) is 3.27. The Morgan fingerprint density at radius 2 is 1.71 bits per heavy atom. The predicted octanol–water partition coefficient (Wildman–Crippen LogP) is 4.39. The molecule has 0 fully saturated rings. The molecule has 2 aromatic rings. The van der Waals surface area contributed by atoms with E-state index in [0.29, 0.717) is 5.56 Å². The Morgan fingerprint density at radius 1 is 1.00 bits per heavy atom. The third-order valence-electron chi connectivity index (χ3n) is 3.54. The number of hydrogen-bond acceptors (Lipinski definition) is 2. The minimum Gasteiger partial charge on any atom is -0.497 e. The van der Waals surface area contributed by atoms with Gasteiger partial charge in [0.2, 0.25) is 0 Å². The highest BCUT2D eigenvalue weighted by Gasteiger charge is 2.16. The fourth-order valence-corrected chi connectivity index (χ4v) is 2.33. The van der Waals surface area contributed by atoms with Crippen molar-refractivity contribution in [3.05, 3.63) is 65.2 Å². The van der Waals surface area contributed by atoms with Crippen LogP contribution in [-0.2, 0) is 0 Å². The maximum atomic E-state index is 13.8. The van der Waals surface area contributed by atoms with Gasteiger partial charge in [-0.25, -0.2) is 8.78 Å². The first-order valence-corrected chi connectivity index (χ1v) is 6.87. The van der Waals surface area contributed by atoms with Crippen LogP contribution in [0.1, 0.15) is 37.1 Å². The smallest absolute Gasteiger partial charge is 0.163 e. The molecule has 0 radical (unpaired) electrons. The molecular weight excluding hydrogens is 272 g/mol. The van der Waals surface area contributed by atoms with Crippen molar-refractivity contribution < 1.29 is 13.5 Å². The van der Waals surface area contributed by atoms with E-state index in [1.165, 1.54) is 6.07 Å². The van der Waals surface area contributed by atoms with Gasteiger partial charge in [-0.05, 0) is 37.6 Å². The molecule has 21 heavy (non-hydrogen) atoms. The third-order valence-corrected chi connectivity index (χ3v) is 3.54. The first-order valence-electron chi connectivity index (χ1n) is 6.87. The zero-order chi connectivity index (χ0) is 15.4. The monoisotopic (exact) mass is 291 g/mol. The van der Waals surface area contributed by atoms with E-state index in [1.54, 1.807) is 13.2 Å². The van der Waals surface area contributed by atoms with Gasteiger partial charge >= 0.3 is 0 Å². The first-order chi connectivity index (χ1) is 10.0. The van der Waals surface area contributed by atoms with Crippen molar-refractivity contribution in [2.45, 2.75) is 25.9 Å². The maximum Gasteiger partial charge on any atom is 0.163 e. The van der Waals surface area contributed by atoms with Crippen molar-refractivity contribution in [3.63, 3.8) is 0 Å². The first kappa shape index (κ1) is 15.4. The summed E-state index contributed by atoms with van der Waals surface area (Å²) < 4.78 is 32.3. The van der Waals surface area contributed by atoms with Crippen LogP contribution in [0.4, 0.5) is 8.78 Å². The molecule has 0 bridgehead atoms. The number of methoxy groups -OCH3 is 1. The van der Waals surface area contributed by atoms with Crippen LogP contribution < -0.4 is 10.1 Å². The van der Waals surface area contributed by atoms with E-state index in [1.807, 2.05) is 38.1 Å². The number of hydrogen-bond donors (Lipinski definition) is 1. The molecule has 0 aromatic heterocycles. The Morgan fingerprint density at radius 3 is 2.43 bits per heavy atom. The third kappa shape index (κ3) is 3.58. The fraction of sp³-hybridized carbons (Fsp3) is 0.294. The van der Waals surface area contributed by atoms with Gasteiger partial charge in [0.1, 0.15) is 5.75 Å². The van der Waals surface area contributed by atoms with Crippen molar-refractivity contribution in [1.29, 1.82) is 0 Å². The molecule has 2 aromatic carbocycles. The molecule has 0 aliphatic heterocycles. The minimum atomic E-state index is -0.824. The van der Waals surface area contributed by atoms with Crippen molar-refractivity contribution in [3.8, 4) is 5.75 Å². The Balaban J connectivity index is 2.14. The van der Waals surface area contributed by atoms with Gasteiger partial charge in [0.15, 0.2) is 11.6 Å². The molecule has 112 valence electrons. The molecule has 0 heterocycles. The van der Waals surface area contributed by atoms with Gasteiger partial charge in [-0.3, -0.25) is 0 Å². The van der Waals surface area contributed by atoms with Crippen LogP contribution >= 0.6 is 0 Å². The minimum absolute atomic E-state index is 0.0160. The summed E-state index contributed by atoms with van der Waals surface area (Å²) in [4.78, 5) is 0. The molecule has 1 N–H and O–H groups in total. The number of rotatable bonds is 5. The Hall–Kier alpha value is -1.94.